The van der Waals surface area contributed by atoms with E-state index >= 15 is 0 Å². The van der Waals surface area contributed by atoms with E-state index in [1.165, 1.54) is 18.3 Å². The van der Waals surface area contributed by atoms with Gasteiger partial charge in [0.15, 0.2) is 5.78 Å². The summed E-state index contributed by atoms with van der Waals surface area (Å²) in [7, 11) is -3.66. The second-order valence-corrected chi connectivity index (χ2v) is 9.73. The lowest BCUT2D eigenvalue weighted by Gasteiger charge is -2.12. The third kappa shape index (κ3) is 7.62. The zero-order valence-electron chi connectivity index (χ0n) is 19.7. The summed E-state index contributed by atoms with van der Waals surface area (Å²) < 4.78 is 33.0. The van der Waals surface area contributed by atoms with Gasteiger partial charge < -0.3 is 15.4 Å². The standard InChI is InChI=1S/C25H28N4O5S/c1-4-24(30)23-15-21(12-13-26-23)34-20-10-8-18(9-11-20)16-27-25(31)28-19-6-5-7-22(14-19)35(32,33)29-17(2)3/h5-15,17,29H,4,16H2,1-3H3,(H2,27,28,31). The Morgan fingerprint density at radius 2 is 1.74 bits per heavy atom. The number of carbonyl (C=O) groups is 2. The molecule has 2 amide bonds. The van der Waals surface area contributed by atoms with Crippen molar-refractivity contribution in [3.05, 3.63) is 78.1 Å². The molecular weight excluding hydrogens is 468 g/mol. The van der Waals surface area contributed by atoms with Crippen LogP contribution < -0.4 is 20.1 Å². The van der Waals surface area contributed by atoms with E-state index in [0.29, 0.717) is 29.3 Å². The lowest BCUT2D eigenvalue weighted by atomic mass is 10.2. The van der Waals surface area contributed by atoms with Crippen LogP contribution in [0.4, 0.5) is 10.5 Å². The van der Waals surface area contributed by atoms with Gasteiger partial charge in [-0.3, -0.25) is 9.78 Å². The number of carbonyl (C=O) groups excluding carboxylic acids is 2. The van der Waals surface area contributed by atoms with Crippen molar-refractivity contribution in [2.24, 2.45) is 0 Å². The topological polar surface area (TPSA) is 126 Å². The maximum absolute atomic E-state index is 12.3. The summed E-state index contributed by atoms with van der Waals surface area (Å²) in [5.41, 5.74) is 1.55. The molecule has 1 heterocycles. The molecule has 9 nitrogen and oxygen atoms in total. The zero-order chi connectivity index (χ0) is 25.4. The Morgan fingerprint density at radius 3 is 2.43 bits per heavy atom. The van der Waals surface area contributed by atoms with Crippen LogP contribution >= 0.6 is 0 Å². The van der Waals surface area contributed by atoms with Crippen LogP contribution in [0.5, 0.6) is 11.5 Å². The summed E-state index contributed by atoms with van der Waals surface area (Å²) in [6.45, 7) is 5.49. The largest absolute Gasteiger partial charge is 0.457 e. The third-order valence-electron chi connectivity index (χ3n) is 4.74. The molecule has 0 radical (unpaired) electrons. The van der Waals surface area contributed by atoms with Gasteiger partial charge in [-0.1, -0.05) is 25.1 Å². The smallest absolute Gasteiger partial charge is 0.319 e. The average Bonchev–Trinajstić information content (AvgIpc) is 2.83. The van der Waals surface area contributed by atoms with E-state index in [2.05, 4.69) is 20.3 Å². The molecule has 0 fully saturated rings. The lowest BCUT2D eigenvalue weighted by molar-refractivity contribution is 0.0983. The molecule has 35 heavy (non-hydrogen) atoms. The van der Waals surface area contributed by atoms with Crippen molar-refractivity contribution in [2.75, 3.05) is 5.32 Å². The number of nitrogens with one attached hydrogen (secondary N) is 3. The number of ether oxygens (including phenoxy) is 1. The molecule has 0 bridgehead atoms. The van der Waals surface area contributed by atoms with Gasteiger partial charge in [-0.15, -0.1) is 0 Å². The Hall–Kier alpha value is -3.76. The molecule has 184 valence electrons. The fraction of sp³-hybridized carbons (Fsp3) is 0.240. The van der Waals surface area contributed by atoms with Crippen molar-refractivity contribution < 1.29 is 22.7 Å². The number of pyridine rings is 1. The predicted molar refractivity (Wildman–Crippen MR) is 133 cm³/mol. The predicted octanol–water partition coefficient (Wildman–Crippen LogP) is 4.48. The number of aromatic nitrogens is 1. The zero-order valence-corrected chi connectivity index (χ0v) is 20.6. The highest BCUT2D eigenvalue weighted by Gasteiger charge is 2.16. The van der Waals surface area contributed by atoms with Crippen molar-refractivity contribution >= 4 is 27.5 Å². The first-order valence-electron chi connectivity index (χ1n) is 11.1. The maximum atomic E-state index is 12.3. The normalized spacial score (nSPS) is 11.2. The van der Waals surface area contributed by atoms with Gasteiger partial charge in [0.1, 0.15) is 17.2 Å². The van der Waals surface area contributed by atoms with Crippen LogP contribution in [0.3, 0.4) is 0 Å². The summed E-state index contributed by atoms with van der Waals surface area (Å²) in [4.78, 5) is 28.2. The average molecular weight is 497 g/mol. The van der Waals surface area contributed by atoms with Gasteiger partial charge in [0.25, 0.3) is 0 Å². The van der Waals surface area contributed by atoms with Gasteiger partial charge >= 0.3 is 6.03 Å². The molecule has 3 aromatic rings. The number of sulfonamides is 1. The Bertz CT molecular complexity index is 1290. The van der Waals surface area contributed by atoms with E-state index in [4.69, 9.17) is 4.74 Å². The van der Waals surface area contributed by atoms with E-state index in [1.54, 1.807) is 69.3 Å². The molecular formula is C25H28N4O5S. The van der Waals surface area contributed by atoms with Crippen molar-refractivity contribution in [3.8, 4) is 11.5 Å². The molecule has 0 spiro atoms. The van der Waals surface area contributed by atoms with Crippen molar-refractivity contribution in [1.29, 1.82) is 0 Å². The molecule has 0 unspecified atom stereocenters. The number of anilines is 1. The minimum Gasteiger partial charge on any atom is -0.457 e. The Balaban J connectivity index is 1.55. The number of Topliss-reactive ketones (excluding diaryl/α,β-unsaturated/α-hetero) is 1. The summed E-state index contributed by atoms with van der Waals surface area (Å²) in [5.74, 6) is 1.03. The van der Waals surface area contributed by atoms with Crippen molar-refractivity contribution in [3.63, 3.8) is 0 Å². The molecule has 0 saturated carbocycles. The maximum Gasteiger partial charge on any atom is 0.319 e. The number of urea groups is 1. The molecule has 3 rings (SSSR count). The Labute approximate surface area is 205 Å². The molecule has 0 aliphatic carbocycles. The van der Waals surface area contributed by atoms with Gasteiger partial charge in [-0.2, -0.15) is 0 Å². The molecule has 2 aromatic carbocycles. The summed E-state index contributed by atoms with van der Waals surface area (Å²) >= 11 is 0. The van der Waals surface area contributed by atoms with Gasteiger partial charge in [-0.25, -0.2) is 17.9 Å². The number of hydrogen-bond donors (Lipinski definition) is 3. The number of amides is 2. The van der Waals surface area contributed by atoms with Crippen LogP contribution in [0.15, 0.2) is 71.8 Å². The number of hydrogen-bond acceptors (Lipinski definition) is 6. The minimum absolute atomic E-state index is 0.0595. The highest BCUT2D eigenvalue weighted by Crippen LogP contribution is 2.22. The fourth-order valence-corrected chi connectivity index (χ4v) is 4.39. The van der Waals surface area contributed by atoms with Crippen LogP contribution in [0.25, 0.3) is 0 Å². The highest BCUT2D eigenvalue weighted by molar-refractivity contribution is 7.89. The number of benzene rings is 2. The molecule has 3 N–H and O–H groups in total. The molecule has 0 aliphatic heterocycles. The third-order valence-corrected chi connectivity index (χ3v) is 6.40. The van der Waals surface area contributed by atoms with Crippen LogP contribution in [-0.4, -0.2) is 31.3 Å². The Morgan fingerprint density at radius 1 is 1.00 bits per heavy atom. The van der Waals surface area contributed by atoms with Crippen molar-refractivity contribution in [2.45, 2.75) is 44.7 Å². The lowest BCUT2D eigenvalue weighted by Crippen LogP contribution is -2.30. The van der Waals surface area contributed by atoms with Crippen LogP contribution in [-0.2, 0) is 16.6 Å². The first-order chi connectivity index (χ1) is 16.7. The van der Waals surface area contributed by atoms with Crippen LogP contribution in [0.2, 0.25) is 0 Å². The van der Waals surface area contributed by atoms with E-state index < -0.39 is 16.1 Å². The molecule has 0 atom stereocenters. The van der Waals surface area contributed by atoms with Crippen LogP contribution in [0, 0.1) is 0 Å². The van der Waals surface area contributed by atoms with E-state index in [0.717, 1.165) is 5.56 Å². The summed E-state index contributed by atoms with van der Waals surface area (Å²) in [5, 5.41) is 5.37. The molecule has 1 aromatic heterocycles. The molecule has 0 aliphatic rings. The van der Waals surface area contributed by atoms with Gasteiger partial charge in [0.2, 0.25) is 10.0 Å². The first-order valence-corrected chi connectivity index (χ1v) is 12.6. The first kappa shape index (κ1) is 25.9. The van der Waals surface area contributed by atoms with Gasteiger partial charge in [0, 0.05) is 37.0 Å². The minimum atomic E-state index is -3.66. The monoisotopic (exact) mass is 496 g/mol. The molecule has 10 heteroatoms. The van der Waals surface area contributed by atoms with Crippen LogP contribution in [0.1, 0.15) is 43.2 Å². The number of nitrogens with zero attached hydrogens (tertiary/aromatic N) is 1. The number of ketones is 1. The van der Waals surface area contributed by atoms with Gasteiger partial charge in [-0.05, 0) is 55.8 Å². The summed E-state index contributed by atoms with van der Waals surface area (Å²) in [6, 6.07) is 15.7. The SMILES string of the molecule is CCC(=O)c1cc(Oc2ccc(CNC(=O)Nc3cccc(S(=O)(=O)NC(C)C)c3)cc2)ccn1. The van der Waals surface area contributed by atoms with E-state index in [9.17, 15) is 18.0 Å². The summed E-state index contributed by atoms with van der Waals surface area (Å²) in [6.07, 6.45) is 1.90. The number of rotatable bonds is 10. The van der Waals surface area contributed by atoms with E-state index in [-0.39, 0.29) is 23.3 Å². The van der Waals surface area contributed by atoms with Crippen molar-refractivity contribution in [1.82, 2.24) is 15.0 Å². The quantitative estimate of drug-likeness (QED) is 0.355. The second-order valence-electron chi connectivity index (χ2n) is 8.01. The van der Waals surface area contributed by atoms with E-state index in [1.807, 2.05) is 0 Å². The highest BCUT2D eigenvalue weighted by atomic mass is 32.2. The second kappa shape index (κ2) is 11.6. The fourth-order valence-electron chi connectivity index (χ4n) is 3.10. The Kier molecular flexibility index (Phi) is 8.56. The molecule has 0 saturated heterocycles. The van der Waals surface area contributed by atoms with Gasteiger partial charge in [0.05, 0.1) is 4.90 Å².